The van der Waals surface area contributed by atoms with Gasteiger partial charge in [-0.15, -0.1) is 0 Å². The van der Waals surface area contributed by atoms with Crippen LogP contribution in [0.2, 0.25) is 0 Å². The summed E-state index contributed by atoms with van der Waals surface area (Å²) in [4.78, 5) is 0. The molecule has 2 rings (SSSR count). The molecule has 3 nitrogen and oxygen atoms in total. The molecule has 0 aromatic heterocycles. The predicted octanol–water partition coefficient (Wildman–Crippen LogP) is 4.03. The summed E-state index contributed by atoms with van der Waals surface area (Å²) in [5, 5.41) is 3.72. The Kier molecular flexibility index (Phi) is 5.51. The normalized spacial score (nSPS) is 21.6. The second kappa shape index (κ2) is 7.17. The van der Waals surface area contributed by atoms with Crippen molar-refractivity contribution < 1.29 is 9.47 Å². The number of rotatable bonds is 5. The number of hydrogen-bond donors (Lipinski definition) is 1. The highest BCUT2D eigenvalue weighted by atomic mass is 16.5. The molecule has 21 heavy (non-hydrogen) atoms. The highest BCUT2D eigenvalue weighted by molar-refractivity contribution is 5.56. The molecule has 2 atom stereocenters. The SMILES string of the molecule is CCCNC1CC(C)CCc2c(C)cc(OC)c(OC)c21. The molecule has 0 radical (unpaired) electrons. The van der Waals surface area contributed by atoms with E-state index in [1.54, 1.807) is 14.2 Å². The van der Waals surface area contributed by atoms with Gasteiger partial charge < -0.3 is 14.8 Å². The molecule has 118 valence electrons. The maximum Gasteiger partial charge on any atom is 0.165 e. The Hall–Kier alpha value is -1.22. The largest absolute Gasteiger partial charge is 0.493 e. The fourth-order valence-corrected chi connectivity index (χ4v) is 3.43. The van der Waals surface area contributed by atoms with E-state index in [-0.39, 0.29) is 0 Å². The molecule has 0 saturated carbocycles. The van der Waals surface area contributed by atoms with Gasteiger partial charge in [-0.25, -0.2) is 0 Å². The Morgan fingerprint density at radius 2 is 2.05 bits per heavy atom. The smallest absolute Gasteiger partial charge is 0.165 e. The summed E-state index contributed by atoms with van der Waals surface area (Å²) in [6.45, 7) is 7.79. The van der Waals surface area contributed by atoms with E-state index in [1.807, 2.05) is 0 Å². The van der Waals surface area contributed by atoms with E-state index in [2.05, 4.69) is 32.2 Å². The van der Waals surface area contributed by atoms with Gasteiger partial charge in [-0.05, 0) is 62.3 Å². The average molecular weight is 291 g/mol. The number of aryl methyl sites for hydroxylation is 1. The zero-order valence-electron chi connectivity index (χ0n) is 14.1. The van der Waals surface area contributed by atoms with E-state index < -0.39 is 0 Å². The van der Waals surface area contributed by atoms with Crippen LogP contribution in [0.5, 0.6) is 11.5 Å². The van der Waals surface area contributed by atoms with Crippen molar-refractivity contribution in [1.29, 1.82) is 0 Å². The quantitative estimate of drug-likeness (QED) is 0.831. The molecule has 0 heterocycles. The zero-order valence-corrected chi connectivity index (χ0v) is 14.1. The van der Waals surface area contributed by atoms with Gasteiger partial charge in [0.1, 0.15) is 0 Å². The molecule has 0 saturated heterocycles. The van der Waals surface area contributed by atoms with Crippen LogP contribution >= 0.6 is 0 Å². The molecule has 1 aromatic carbocycles. The molecule has 0 fully saturated rings. The first-order chi connectivity index (χ1) is 10.1. The van der Waals surface area contributed by atoms with Crippen LogP contribution in [0.25, 0.3) is 0 Å². The molecular formula is C18H29NO2. The highest BCUT2D eigenvalue weighted by Gasteiger charge is 2.28. The van der Waals surface area contributed by atoms with Gasteiger partial charge in [0.25, 0.3) is 0 Å². The first-order valence-corrected chi connectivity index (χ1v) is 8.10. The van der Waals surface area contributed by atoms with Crippen LogP contribution in [0.3, 0.4) is 0 Å². The van der Waals surface area contributed by atoms with Gasteiger partial charge in [0.15, 0.2) is 11.5 Å². The van der Waals surface area contributed by atoms with Crippen molar-refractivity contribution in [3.05, 3.63) is 22.8 Å². The van der Waals surface area contributed by atoms with E-state index in [1.165, 1.54) is 23.1 Å². The van der Waals surface area contributed by atoms with Crippen LogP contribution < -0.4 is 14.8 Å². The third-order valence-electron chi connectivity index (χ3n) is 4.56. The maximum absolute atomic E-state index is 5.73. The number of ether oxygens (including phenoxy) is 2. The fourth-order valence-electron chi connectivity index (χ4n) is 3.43. The van der Waals surface area contributed by atoms with Crippen LogP contribution in [-0.4, -0.2) is 20.8 Å². The van der Waals surface area contributed by atoms with Gasteiger partial charge in [-0.1, -0.05) is 13.8 Å². The molecule has 1 N–H and O–H groups in total. The van der Waals surface area contributed by atoms with Crippen molar-refractivity contribution in [2.45, 2.75) is 52.5 Å². The van der Waals surface area contributed by atoms with Gasteiger partial charge in [-0.2, -0.15) is 0 Å². The number of nitrogens with one attached hydrogen (secondary N) is 1. The van der Waals surface area contributed by atoms with Crippen molar-refractivity contribution in [1.82, 2.24) is 5.32 Å². The summed E-state index contributed by atoms with van der Waals surface area (Å²) in [7, 11) is 3.47. The van der Waals surface area contributed by atoms with Crippen molar-refractivity contribution in [3.8, 4) is 11.5 Å². The van der Waals surface area contributed by atoms with Crippen LogP contribution in [-0.2, 0) is 6.42 Å². The van der Waals surface area contributed by atoms with Crippen molar-refractivity contribution in [2.75, 3.05) is 20.8 Å². The first kappa shape index (κ1) is 16.2. The van der Waals surface area contributed by atoms with Gasteiger partial charge >= 0.3 is 0 Å². The van der Waals surface area contributed by atoms with Crippen LogP contribution in [0.1, 0.15) is 55.8 Å². The molecule has 1 aliphatic carbocycles. The molecule has 0 bridgehead atoms. The average Bonchev–Trinajstić information content (AvgIpc) is 2.64. The lowest BCUT2D eigenvalue weighted by atomic mass is 9.93. The molecule has 1 aromatic rings. The van der Waals surface area contributed by atoms with Crippen LogP contribution in [0.4, 0.5) is 0 Å². The minimum Gasteiger partial charge on any atom is -0.493 e. The maximum atomic E-state index is 5.73. The molecule has 2 unspecified atom stereocenters. The summed E-state index contributed by atoms with van der Waals surface area (Å²) in [6, 6.07) is 2.48. The number of hydrogen-bond acceptors (Lipinski definition) is 3. The van der Waals surface area contributed by atoms with Gasteiger partial charge in [0.05, 0.1) is 14.2 Å². The lowest BCUT2D eigenvalue weighted by Gasteiger charge is -2.25. The van der Waals surface area contributed by atoms with E-state index in [0.717, 1.165) is 43.2 Å². The molecule has 1 aliphatic rings. The number of methoxy groups -OCH3 is 2. The topological polar surface area (TPSA) is 30.5 Å². The summed E-state index contributed by atoms with van der Waals surface area (Å²) in [5.74, 6) is 2.49. The lowest BCUT2D eigenvalue weighted by Crippen LogP contribution is -2.24. The summed E-state index contributed by atoms with van der Waals surface area (Å²) in [5.41, 5.74) is 4.10. The minimum absolute atomic E-state index is 0.362. The van der Waals surface area contributed by atoms with E-state index in [4.69, 9.17) is 9.47 Å². The van der Waals surface area contributed by atoms with Gasteiger partial charge in [0.2, 0.25) is 0 Å². The third kappa shape index (κ3) is 3.34. The van der Waals surface area contributed by atoms with Crippen LogP contribution in [0, 0.1) is 12.8 Å². The van der Waals surface area contributed by atoms with Crippen LogP contribution in [0.15, 0.2) is 6.07 Å². The Labute approximate surface area is 129 Å². The van der Waals surface area contributed by atoms with Crippen molar-refractivity contribution >= 4 is 0 Å². The Morgan fingerprint density at radius 3 is 2.67 bits per heavy atom. The van der Waals surface area contributed by atoms with Crippen molar-refractivity contribution in [3.63, 3.8) is 0 Å². The third-order valence-corrected chi connectivity index (χ3v) is 4.56. The van der Waals surface area contributed by atoms with E-state index in [0.29, 0.717) is 6.04 Å². The molecule has 0 amide bonds. The van der Waals surface area contributed by atoms with Gasteiger partial charge in [0, 0.05) is 11.6 Å². The Balaban J connectivity index is 2.54. The second-order valence-corrected chi connectivity index (χ2v) is 6.21. The Bertz CT molecular complexity index is 485. The highest BCUT2D eigenvalue weighted by Crippen LogP contribution is 2.44. The molecular weight excluding hydrogens is 262 g/mol. The summed E-state index contributed by atoms with van der Waals surface area (Å²) in [6.07, 6.45) is 4.68. The Morgan fingerprint density at radius 1 is 1.29 bits per heavy atom. The first-order valence-electron chi connectivity index (χ1n) is 8.10. The standard InChI is InChI=1S/C18H29NO2/c1-6-9-19-15-10-12(2)7-8-14-13(3)11-16(20-4)18(21-5)17(14)15/h11-12,15,19H,6-10H2,1-5H3. The summed E-state index contributed by atoms with van der Waals surface area (Å²) < 4.78 is 11.3. The van der Waals surface area contributed by atoms with E-state index in [9.17, 15) is 0 Å². The molecule has 0 spiro atoms. The second-order valence-electron chi connectivity index (χ2n) is 6.21. The number of fused-ring (bicyclic) bond motifs is 1. The lowest BCUT2D eigenvalue weighted by molar-refractivity contribution is 0.340. The molecule has 0 aliphatic heterocycles. The number of benzene rings is 1. The van der Waals surface area contributed by atoms with E-state index >= 15 is 0 Å². The monoisotopic (exact) mass is 291 g/mol. The summed E-state index contributed by atoms with van der Waals surface area (Å²) >= 11 is 0. The molecule has 3 heteroatoms. The minimum atomic E-state index is 0.362. The van der Waals surface area contributed by atoms with Gasteiger partial charge in [-0.3, -0.25) is 0 Å². The predicted molar refractivity (Wildman–Crippen MR) is 87.4 cm³/mol. The fraction of sp³-hybridized carbons (Fsp3) is 0.667. The zero-order chi connectivity index (χ0) is 15.4. The van der Waals surface area contributed by atoms with Crippen molar-refractivity contribution in [2.24, 2.45) is 5.92 Å².